The summed E-state index contributed by atoms with van der Waals surface area (Å²) in [7, 11) is 1.29. The molecule has 1 aromatic heterocycles. The van der Waals surface area contributed by atoms with Gasteiger partial charge in [-0.15, -0.1) is 0 Å². The Hall–Kier alpha value is -3.37. The topological polar surface area (TPSA) is 92.1 Å². The van der Waals surface area contributed by atoms with E-state index in [1.54, 1.807) is 30.3 Å². The molecular formula is C21H17N3O3S. The highest BCUT2D eigenvalue weighted by atomic mass is 32.2. The second kappa shape index (κ2) is 8.55. The van der Waals surface area contributed by atoms with E-state index < -0.39 is 5.97 Å². The molecule has 0 aliphatic rings. The number of carbonyl (C=O) groups excluding carboxylic acids is 2. The van der Waals surface area contributed by atoms with Crippen LogP contribution < -0.4 is 5.32 Å². The molecule has 3 rings (SSSR count). The number of esters is 1. The van der Waals surface area contributed by atoms with Crippen LogP contribution >= 0.6 is 11.8 Å². The minimum absolute atomic E-state index is 0.0501. The summed E-state index contributed by atoms with van der Waals surface area (Å²) < 4.78 is 4.73. The van der Waals surface area contributed by atoms with E-state index in [1.807, 2.05) is 25.1 Å². The van der Waals surface area contributed by atoms with Crippen molar-refractivity contribution >= 4 is 40.2 Å². The molecule has 0 aliphatic heterocycles. The number of rotatable bonds is 5. The number of hydrogen-bond donors (Lipinski definition) is 1. The van der Waals surface area contributed by atoms with Gasteiger partial charge in [0.1, 0.15) is 11.1 Å². The molecule has 140 valence electrons. The zero-order valence-electron chi connectivity index (χ0n) is 15.4. The molecule has 2 aromatic carbocycles. The maximum Gasteiger partial charge on any atom is 0.339 e. The second-order valence-electron chi connectivity index (χ2n) is 6.02. The van der Waals surface area contributed by atoms with Crippen LogP contribution in [0.2, 0.25) is 0 Å². The van der Waals surface area contributed by atoms with Crippen LogP contribution in [0.5, 0.6) is 0 Å². The summed E-state index contributed by atoms with van der Waals surface area (Å²) in [5.74, 6) is -0.785. The van der Waals surface area contributed by atoms with Gasteiger partial charge in [0, 0.05) is 5.39 Å². The number of aryl methyl sites for hydroxylation is 1. The predicted molar refractivity (Wildman–Crippen MR) is 108 cm³/mol. The smallest absolute Gasteiger partial charge is 0.339 e. The Kier molecular flexibility index (Phi) is 5.92. The minimum Gasteiger partial charge on any atom is -0.465 e. The maximum atomic E-state index is 12.4. The van der Waals surface area contributed by atoms with E-state index in [0.29, 0.717) is 16.3 Å². The molecule has 1 N–H and O–H groups in total. The van der Waals surface area contributed by atoms with Gasteiger partial charge in [-0.1, -0.05) is 36.0 Å². The van der Waals surface area contributed by atoms with E-state index in [9.17, 15) is 14.9 Å². The van der Waals surface area contributed by atoms with Crippen LogP contribution in [-0.4, -0.2) is 29.7 Å². The number of methoxy groups -OCH3 is 1. The minimum atomic E-state index is -0.526. The summed E-state index contributed by atoms with van der Waals surface area (Å²) in [5.41, 5.74) is 2.92. The number of nitrogens with one attached hydrogen (secondary N) is 1. The molecule has 0 unspecified atom stereocenters. The number of fused-ring (bicyclic) bond motifs is 1. The van der Waals surface area contributed by atoms with Gasteiger partial charge in [0.05, 0.1) is 35.2 Å². The number of carbonyl (C=O) groups is 2. The molecule has 0 spiro atoms. The zero-order valence-corrected chi connectivity index (χ0v) is 16.2. The van der Waals surface area contributed by atoms with E-state index in [0.717, 1.165) is 16.5 Å². The lowest BCUT2D eigenvalue weighted by atomic mass is 10.1. The first-order chi connectivity index (χ1) is 13.5. The fourth-order valence-electron chi connectivity index (χ4n) is 2.65. The number of nitrogens with zero attached hydrogens (tertiary/aromatic N) is 2. The van der Waals surface area contributed by atoms with Gasteiger partial charge in [-0.2, -0.15) is 5.26 Å². The number of amides is 1. The van der Waals surface area contributed by atoms with Crippen molar-refractivity contribution in [3.8, 4) is 6.07 Å². The third-order valence-corrected chi connectivity index (χ3v) is 5.00. The van der Waals surface area contributed by atoms with Crippen LogP contribution in [0.25, 0.3) is 10.9 Å². The normalized spacial score (nSPS) is 10.3. The number of thioether (sulfide) groups is 1. The maximum absolute atomic E-state index is 12.4. The molecule has 0 bridgehead atoms. The van der Waals surface area contributed by atoms with E-state index in [4.69, 9.17) is 4.74 Å². The summed E-state index contributed by atoms with van der Waals surface area (Å²) in [4.78, 5) is 28.7. The predicted octanol–water partition coefficient (Wildman–Crippen LogP) is 3.93. The van der Waals surface area contributed by atoms with Crippen LogP contribution in [0.1, 0.15) is 21.5 Å². The number of hydrogen-bond acceptors (Lipinski definition) is 6. The highest BCUT2D eigenvalue weighted by Gasteiger charge is 2.15. The first kappa shape index (κ1) is 19.4. The van der Waals surface area contributed by atoms with Gasteiger partial charge in [-0.3, -0.25) is 4.79 Å². The van der Waals surface area contributed by atoms with E-state index in [-0.39, 0.29) is 17.2 Å². The lowest BCUT2D eigenvalue weighted by molar-refractivity contribution is -0.113. The Morgan fingerprint density at radius 3 is 2.75 bits per heavy atom. The SMILES string of the molecule is COC(=O)c1ccccc1NC(=O)CSc1nc2cc(C)ccc2cc1C#N. The number of anilines is 1. The van der Waals surface area contributed by atoms with Gasteiger partial charge in [0.25, 0.3) is 0 Å². The van der Waals surface area contributed by atoms with Crippen molar-refractivity contribution in [3.63, 3.8) is 0 Å². The quantitative estimate of drug-likeness (QED) is 0.523. The number of pyridine rings is 1. The summed E-state index contributed by atoms with van der Waals surface area (Å²) in [5, 5.41) is 13.5. The summed E-state index contributed by atoms with van der Waals surface area (Å²) in [6, 6.07) is 16.3. The van der Waals surface area contributed by atoms with Crippen LogP contribution in [0.15, 0.2) is 53.6 Å². The summed E-state index contributed by atoms with van der Waals surface area (Å²) in [6.07, 6.45) is 0. The third kappa shape index (κ3) is 4.30. The Labute approximate surface area is 166 Å². The number of ether oxygens (including phenoxy) is 1. The molecule has 28 heavy (non-hydrogen) atoms. The average molecular weight is 391 g/mol. The van der Waals surface area contributed by atoms with Gasteiger partial charge in [-0.25, -0.2) is 9.78 Å². The highest BCUT2D eigenvalue weighted by Crippen LogP contribution is 2.25. The van der Waals surface area contributed by atoms with Crippen LogP contribution in [0.3, 0.4) is 0 Å². The molecule has 0 saturated heterocycles. The first-order valence-corrected chi connectivity index (χ1v) is 9.42. The van der Waals surface area contributed by atoms with Gasteiger partial charge < -0.3 is 10.1 Å². The van der Waals surface area contributed by atoms with Gasteiger partial charge >= 0.3 is 5.97 Å². The Morgan fingerprint density at radius 2 is 2.00 bits per heavy atom. The third-order valence-electron chi connectivity index (χ3n) is 4.01. The molecule has 0 radical (unpaired) electrons. The summed E-state index contributed by atoms with van der Waals surface area (Å²) >= 11 is 1.18. The molecule has 3 aromatic rings. The highest BCUT2D eigenvalue weighted by molar-refractivity contribution is 8.00. The Balaban J connectivity index is 1.77. The van der Waals surface area contributed by atoms with Crippen molar-refractivity contribution in [1.29, 1.82) is 5.26 Å². The molecule has 7 heteroatoms. The monoisotopic (exact) mass is 391 g/mol. The van der Waals surface area contributed by atoms with Crippen LogP contribution in [-0.2, 0) is 9.53 Å². The number of aromatic nitrogens is 1. The van der Waals surface area contributed by atoms with Crippen molar-refractivity contribution in [2.24, 2.45) is 0 Å². The van der Waals surface area contributed by atoms with Crippen molar-refractivity contribution in [3.05, 3.63) is 65.2 Å². The first-order valence-electron chi connectivity index (χ1n) is 8.43. The lowest BCUT2D eigenvalue weighted by Gasteiger charge is -2.10. The molecular weight excluding hydrogens is 374 g/mol. The average Bonchev–Trinajstić information content (AvgIpc) is 2.71. The van der Waals surface area contributed by atoms with E-state index in [2.05, 4.69) is 16.4 Å². The second-order valence-corrected chi connectivity index (χ2v) is 6.99. The molecule has 0 fully saturated rings. The fourth-order valence-corrected chi connectivity index (χ4v) is 3.41. The molecule has 1 amide bonds. The fraction of sp³-hybridized carbons (Fsp3) is 0.143. The van der Waals surface area contributed by atoms with Crippen molar-refractivity contribution in [1.82, 2.24) is 4.98 Å². The van der Waals surface area contributed by atoms with Crippen molar-refractivity contribution < 1.29 is 14.3 Å². The van der Waals surface area contributed by atoms with Crippen molar-refractivity contribution in [2.45, 2.75) is 11.9 Å². The molecule has 0 aliphatic carbocycles. The van der Waals surface area contributed by atoms with Gasteiger partial charge in [0.15, 0.2) is 0 Å². The van der Waals surface area contributed by atoms with E-state index >= 15 is 0 Å². The zero-order chi connectivity index (χ0) is 20.1. The van der Waals surface area contributed by atoms with Gasteiger partial charge in [-0.05, 0) is 36.8 Å². The van der Waals surface area contributed by atoms with Crippen LogP contribution in [0, 0.1) is 18.3 Å². The Bertz CT molecular complexity index is 1110. The Morgan fingerprint density at radius 1 is 1.21 bits per heavy atom. The van der Waals surface area contributed by atoms with Crippen LogP contribution in [0.4, 0.5) is 5.69 Å². The summed E-state index contributed by atoms with van der Waals surface area (Å²) in [6.45, 7) is 1.97. The standard InChI is InChI=1S/C21H17N3O3S/c1-13-7-8-14-10-15(11-22)20(24-18(14)9-13)28-12-19(25)23-17-6-4-3-5-16(17)21(26)27-2/h3-10H,12H2,1-2H3,(H,23,25). The largest absolute Gasteiger partial charge is 0.465 e. The number of nitriles is 1. The van der Waals surface area contributed by atoms with Gasteiger partial charge in [0.2, 0.25) is 5.91 Å². The number of benzene rings is 2. The number of para-hydroxylation sites is 1. The van der Waals surface area contributed by atoms with Crippen molar-refractivity contribution in [2.75, 3.05) is 18.2 Å². The van der Waals surface area contributed by atoms with E-state index in [1.165, 1.54) is 18.9 Å². The lowest BCUT2D eigenvalue weighted by Crippen LogP contribution is -2.17. The molecule has 6 nitrogen and oxygen atoms in total. The molecule has 0 atom stereocenters. The molecule has 1 heterocycles. The molecule has 0 saturated carbocycles.